The molecule has 7 nitrogen and oxygen atoms in total. The number of pyridine rings is 1. The van der Waals surface area contributed by atoms with Crippen LogP contribution in [0.15, 0.2) is 29.0 Å². The van der Waals surface area contributed by atoms with Crippen LogP contribution in [0.25, 0.3) is 22.4 Å². The molecule has 2 aliphatic rings. The van der Waals surface area contributed by atoms with Crippen molar-refractivity contribution in [1.29, 1.82) is 0 Å². The predicted molar refractivity (Wildman–Crippen MR) is 89.1 cm³/mol. The van der Waals surface area contributed by atoms with Crippen LogP contribution in [-0.2, 0) is 4.79 Å². The Labute approximate surface area is 141 Å². The lowest BCUT2D eigenvalue weighted by atomic mass is 10.2. The number of nitrogens with zero attached hydrogens (tertiary/aromatic N) is 4. The summed E-state index contributed by atoms with van der Waals surface area (Å²) in [5.41, 5.74) is 1.66. The van der Waals surface area contributed by atoms with E-state index in [1.165, 1.54) is 0 Å². The van der Waals surface area contributed by atoms with Gasteiger partial charge in [-0.2, -0.15) is 4.98 Å². The Morgan fingerprint density at radius 3 is 3.29 bits per heavy atom. The summed E-state index contributed by atoms with van der Waals surface area (Å²) in [6.45, 7) is 2.11. The van der Waals surface area contributed by atoms with Gasteiger partial charge in [0, 0.05) is 35.5 Å². The Morgan fingerprint density at radius 2 is 2.38 bits per heavy atom. The lowest BCUT2D eigenvalue weighted by Crippen LogP contribution is -2.37. The zero-order chi connectivity index (χ0) is 16.3. The third-order valence-electron chi connectivity index (χ3n) is 4.86. The van der Waals surface area contributed by atoms with E-state index in [9.17, 15) is 4.79 Å². The van der Waals surface area contributed by atoms with Crippen molar-refractivity contribution in [2.45, 2.75) is 30.7 Å². The average Bonchev–Trinajstić information content (AvgIpc) is 3.32. The van der Waals surface area contributed by atoms with Crippen molar-refractivity contribution in [2.24, 2.45) is 0 Å². The standard InChI is InChI=1S/C16H15N5O2S/c1-16-5-2-12(22)21(16)11(8-24-16)15-19-14(20-23-15)13-9-3-6-17-10(9)4-7-18-13/h3-4,6-7,11,17H,2,5,8H2,1H3. The Morgan fingerprint density at radius 1 is 1.46 bits per heavy atom. The summed E-state index contributed by atoms with van der Waals surface area (Å²) in [4.78, 5) is 26.1. The molecule has 3 aromatic heterocycles. The van der Waals surface area contributed by atoms with E-state index in [1.807, 2.05) is 23.2 Å². The second kappa shape index (κ2) is 4.83. The molecule has 122 valence electrons. The number of aromatic nitrogens is 4. The van der Waals surface area contributed by atoms with Gasteiger partial charge in [-0.25, -0.2) is 0 Å². The molecule has 2 aliphatic heterocycles. The van der Waals surface area contributed by atoms with E-state index in [0.717, 1.165) is 23.1 Å². The number of hydrogen-bond donors (Lipinski definition) is 1. The summed E-state index contributed by atoms with van der Waals surface area (Å²) in [6.07, 6.45) is 5.04. The van der Waals surface area contributed by atoms with Crippen LogP contribution in [0, 0.1) is 0 Å². The molecule has 2 unspecified atom stereocenters. The Balaban J connectivity index is 1.54. The van der Waals surface area contributed by atoms with Crippen molar-refractivity contribution in [3.63, 3.8) is 0 Å². The minimum absolute atomic E-state index is 0.144. The largest absolute Gasteiger partial charge is 0.361 e. The van der Waals surface area contributed by atoms with E-state index in [4.69, 9.17) is 4.52 Å². The highest BCUT2D eigenvalue weighted by Gasteiger charge is 2.52. The molecule has 0 aromatic carbocycles. The summed E-state index contributed by atoms with van der Waals surface area (Å²) < 4.78 is 5.51. The molecular weight excluding hydrogens is 326 g/mol. The minimum Gasteiger partial charge on any atom is -0.361 e. The van der Waals surface area contributed by atoms with Gasteiger partial charge in [-0.15, -0.1) is 11.8 Å². The second-order valence-electron chi connectivity index (χ2n) is 6.32. The number of aromatic amines is 1. The Hall–Kier alpha value is -2.35. The van der Waals surface area contributed by atoms with Crippen LogP contribution in [0.2, 0.25) is 0 Å². The van der Waals surface area contributed by atoms with Gasteiger partial charge in [0.05, 0.1) is 4.87 Å². The molecule has 2 saturated heterocycles. The van der Waals surface area contributed by atoms with Crippen LogP contribution < -0.4 is 0 Å². The molecule has 0 radical (unpaired) electrons. The molecule has 1 N–H and O–H groups in total. The van der Waals surface area contributed by atoms with Crippen molar-refractivity contribution in [3.05, 3.63) is 30.4 Å². The summed E-state index contributed by atoms with van der Waals surface area (Å²) in [5.74, 6) is 1.90. The predicted octanol–water partition coefficient (Wildman–Crippen LogP) is 2.74. The van der Waals surface area contributed by atoms with Crippen molar-refractivity contribution in [3.8, 4) is 11.5 Å². The van der Waals surface area contributed by atoms with E-state index in [2.05, 4.69) is 27.0 Å². The van der Waals surface area contributed by atoms with Gasteiger partial charge in [-0.3, -0.25) is 9.78 Å². The highest BCUT2D eigenvalue weighted by atomic mass is 32.2. The minimum atomic E-state index is -0.151. The number of H-pyrrole nitrogens is 1. The van der Waals surface area contributed by atoms with E-state index in [-0.39, 0.29) is 16.8 Å². The zero-order valence-corrected chi connectivity index (χ0v) is 13.8. The summed E-state index contributed by atoms with van der Waals surface area (Å²) in [5, 5.41) is 5.06. The zero-order valence-electron chi connectivity index (χ0n) is 13.0. The molecule has 8 heteroatoms. The third kappa shape index (κ3) is 1.86. The number of nitrogens with one attached hydrogen (secondary N) is 1. The first-order chi connectivity index (χ1) is 11.7. The van der Waals surface area contributed by atoms with Gasteiger partial charge in [0.15, 0.2) is 0 Å². The normalized spacial score (nSPS) is 26.5. The van der Waals surface area contributed by atoms with Crippen LogP contribution in [0.5, 0.6) is 0 Å². The smallest absolute Gasteiger partial charge is 0.250 e. The first-order valence-electron chi connectivity index (χ1n) is 7.88. The first kappa shape index (κ1) is 14.0. The Bertz CT molecular complexity index is 951. The maximum absolute atomic E-state index is 12.3. The number of thioether (sulfide) groups is 1. The van der Waals surface area contributed by atoms with Crippen molar-refractivity contribution < 1.29 is 9.32 Å². The van der Waals surface area contributed by atoms with Crippen LogP contribution in [0.4, 0.5) is 0 Å². The fraction of sp³-hybridized carbons (Fsp3) is 0.375. The Kier molecular flexibility index (Phi) is 2.82. The van der Waals surface area contributed by atoms with Gasteiger partial charge in [-0.1, -0.05) is 5.16 Å². The van der Waals surface area contributed by atoms with Crippen LogP contribution in [0.3, 0.4) is 0 Å². The molecule has 24 heavy (non-hydrogen) atoms. The molecule has 0 bridgehead atoms. The fourth-order valence-electron chi connectivity index (χ4n) is 3.63. The van der Waals surface area contributed by atoms with Gasteiger partial charge >= 0.3 is 0 Å². The van der Waals surface area contributed by atoms with E-state index < -0.39 is 0 Å². The molecule has 0 aliphatic carbocycles. The number of amides is 1. The molecule has 5 heterocycles. The SMILES string of the molecule is CC12CCC(=O)N1C(c1nc(-c3nccc4[nH]ccc34)no1)CS2. The van der Waals surface area contributed by atoms with Crippen LogP contribution in [0.1, 0.15) is 31.7 Å². The number of rotatable bonds is 2. The topological polar surface area (TPSA) is 87.9 Å². The van der Waals surface area contributed by atoms with E-state index in [0.29, 0.717) is 23.8 Å². The van der Waals surface area contributed by atoms with Gasteiger partial charge in [0.1, 0.15) is 11.7 Å². The molecular formula is C16H15N5O2S. The third-order valence-corrected chi connectivity index (χ3v) is 6.37. The lowest BCUT2D eigenvalue weighted by molar-refractivity contribution is -0.131. The molecule has 5 rings (SSSR count). The summed E-state index contributed by atoms with van der Waals surface area (Å²) in [7, 11) is 0. The maximum atomic E-state index is 12.3. The summed E-state index contributed by atoms with van der Waals surface area (Å²) >= 11 is 1.79. The number of carbonyl (C=O) groups excluding carboxylic acids is 1. The fourth-order valence-corrected chi connectivity index (χ4v) is 5.05. The molecule has 0 spiro atoms. The maximum Gasteiger partial charge on any atom is 0.250 e. The summed E-state index contributed by atoms with van der Waals surface area (Å²) in [6, 6.07) is 3.70. The molecule has 2 fully saturated rings. The van der Waals surface area contributed by atoms with Crippen molar-refractivity contribution in [1.82, 2.24) is 25.0 Å². The first-order valence-corrected chi connectivity index (χ1v) is 8.86. The van der Waals surface area contributed by atoms with Gasteiger partial charge in [-0.05, 0) is 25.5 Å². The highest BCUT2D eigenvalue weighted by molar-refractivity contribution is 8.00. The van der Waals surface area contributed by atoms with Crippen molar-refractivity contribution in [2.75, 3.05) is 5.75 Å². The van der Waals surface area contributed by atoms with Crippen LogP contribution in [-0.4, -0.2) is 41.5 Å². The van der Waals surface area contributed by atoms with E-state index >= 15 is 0 Å². The lowest BCUT2D eigenvalue weighted by Gasteiger charge is -2.28. The number of fused-ring (bicyclic) bond motifs is 2. The number of carbonyl (C=O) groups is 1. The van der Waals surface area contributed by atoms with Gasteiger partial charge < -0.3 is 14.4 Å². The molecule has 0 saturated carbocycles. The molecule has 3 aromatic rings. The van der Waals surface area contributed by atoms with Crippen molar-refractivity contribution >= 4 is 28.6 Å². The molecule has 2 atom stereocenters. The highest BCUT2D eigenvalue weighted by Crippen LogP contribution is 2.52. The average molecular weight is 341 g/mol. The monoisotopic (exact) mass is 341 g/mol. The number of hydrogen-bond acceptors (Lipinski definition) is 6. The van der Waals surface area contributed by atoms with Gasteiger partial charge in [0.2, 0.25) is 11.7 Å². The molecule has 1 amide bonds. The van der Waals surface area contributed by atoms with Crippen LogP contribution >= 0.6 is 11.8 Å². The van der Waals surface area contributed by atoms with Gasteiger partial charge in [0.25, 0.3) is 5.89 Å². The quantitative estimate of drug-likeness (QED) is 0.771. The second-order valence-corrected chi connectivity index (χ2v) is 7.82. The van der Waals surface area contributed by atoms with E-state index in [1.54, 1.807) is 18.0 Å².